The summed E-state index contributed by atoms with van der Waals surface area (Å²) in [4.78, 5) is 8.29. The summed E-state index contributed by atoms with van der Waals surface area (Å²) in [6.45, 7) is 0.554. The molecule has 0 unspecified atom stereocenters. The Morgan fingerprint density at radius 3 is 2.95 bits per heavy atom. The van der Waals surface area contributed by atoms with Crippen molar-refractivity contribution in [3.05, 3.63) is 18.6 Å². The third kappa shape index (κ3) is 2.41. The van der Waals surface area contributed by atoms with Crippen molar-refractivity contribution in [2.45, 2.75) is 24.6 Å². The summed E-state index contributed by atoms with van der Waals surface area (Å²) in [5.41, 5.74) is 5.94. The van der Waals surface area contributed by atoms with Crippen LogP contribution in [0.4, 0.5) is 10.2 Å². The van der Waals surface area contributed by atoms with Gasteiger partial charge in [0, 0.05) is 19.3 Å². The van der Waals surface area contributed by atoms with Crippen LogP contribution in [0.2, 0.25) is 0 Å². The van der Waals surface area contributed by atoms with Crippen molar-refractivity contribution in [2.24, 2.45) is 5.73 Å². The van der Waals surface area contributed by atoms with Gasteiger partial charge in [-0.25, -0.2) is 14.4 Å². The molecule has 3 heterocycles. The van der Waals surface area contributed by atoms with Crippen LogP contribution in [0.25, 0.3) is 11.0 Å². The Hall–Kier alpha value is -1.81. The standard InChI is InChI=1S/C13H18FN5O3/c14-9-10(21)8(5-20)22-13(9)19-4-1-7-11(16-3-2-15)17-6-18-12(7)19/h1,4,6,8-10,13,20-21H,2-3,5,15H2,(H,16,17,18)/t8-,9+,10-,13-/m1/s1. The average molecular weight is 311 g/mol. The first-order valence-electron chi connectivity index (χ1n) is 7.01. The fraction of sp³-hybridized carbons (Fsp3) is 0.538. The predicted molar refractivity (Wildman–Crippen MR) is 77.0 cm³/mol. The minimum atomic E-state index is -1.65. The van der Waals surface area contributed by atoms with E-state index in [1.807, 2.05) is 0 Å². The zero-order valence-corrected chi connectivity index (χ0v) is 11.8. The van der Waals surface area contributed by atoms with E-state index < -0.39 is 31.2 Å². The molecule has 0 spiro atoms. The van der Waals surface area contributed by atoms with Crippen LogP contribution in [0, 0.1) is 0 Å². The number of anilines is 1. The Bertz CT molecular complexity index is 652. The van der Waals surface area contributed by atoms with E-state index in [4.69, 9.17) is 15.6 Å². The number of alkyl halides is 1. The molecular formula is C13H18FN5O3. The number of nitrogens with zero attached hydrogens (tertiary/aromatic N) is 3. The maximum atomic E-state index is 14.2. The van der Waals surface area contributed by atoms with Gasteiger partial charge in [0.05, 0.1) is 12.0 Å². The van der Waals surface area contributed by atoms with Crippen molar-refractivity contribution in [3.63, 3.8) is 0 Å². The van der Waals surface area contributed by atoms with Crippen LogP contribution < -0.4 is 11.1 Å². The lowest BCUT2D eigenvalue weighted by atomic mass is 10.1. The summed E-state index contributed by atoms with van der Waals surface area (Å²) in [7, 11) is 0. The third-order valence-corrected chi connectivity index (χ3v) is 3.69. The maximum absolute atomic E-state index is 14.2. The molecule has 8 nitrogen and oxygen atoms in total. The van der Waals surface area contributed by atoms with E-state index in [1.165, 1.54) is 10.9 Å². The first kappa shape index (κ1) is 15.1. The van der Waals surface area contributed by atoms with Crippen molar-refractivity contribution in [1.82, 2.24) is 14.5 Å². The van der Waals surface area contributed by atoms with Crippen molar-refractivity contribution >= 4 is 16.9 Å². The molecule has 120 valence electrons. The van der Waals surface area contributed by atoms with Gasteiger partial charge in [-0.1, -0.05) is 0 Å². The number of hydrogen-bond donors (Lipinski definition) is 4. The van der Waals surface area contributed by atoms with Crippen LogP contribution in [-0.4, -0.2) is 62.8 Å². The van der Waals surface area contributed by atoms with Gasteiger partial charge >= 0.3 is 0 Å². The number of aromatic nitrogens is 3. The molecule has 0 bridgehead atoms. The van der Waals surface area contributed by atoms with Crippen molar-refractivity contribution in [1.29, 1.82) is 0 Å². The highest BCUT2D eigenvalue weighted by Gasteiger charge is 2.45. The van der Waals surface area contributed by atoms with E-state index in [0.29, 0.717) is 29.9 Å². The van der Waals surface area contributed by atoms with Crippen LogP contribution in [0.15, 0.2) is 18.6 Å². The Balaban J connectivity index is 1.95. The Labute approximate surface area is 125 Å². The van der Waals surface area contributed by atoms with E-state index in [0.717, 1.165) is 0 Å². The van der Waals surface area contributed by atoms with Gasteiger partial charge in [-0.3, -0.25) is 0 Å². The number of aliphatic hydroxyl groups excluding tert-OH is 2. The van der Waals surface area contributed by atoms with Crippen LogP contribution in [0.1, 0.15) is 6.23 Å². The molecule has 0 saturated carbocycles. The van der Waals surface area contributed by atoms with Crippen molar-refractivity contribution in [3.8, 4) is 0 Å². The lowest BCUT2D eigenvalue weighted by Gasteiger charge is -2.16. The number of nitrogens with two attached hydrogens (primary N) is 1. The molecule has 0 amide bonds. The molecule has 2 aromatic heterocycles. The highest BCUT2D eigenvalue weighted by molar-refractivity contribution is 5.87. The fourth-order valence-corrected chi connectivity index (χ4v) is 2.59. The molecule has 0 aromatic carbocycles. The number of nitrogens with one attached hydrogen (secondary N) is 1. The van der Waals surface area contributed by atoms with Crippen LogP contribution in [-0.2, 0) is 4.74 Å². The summed E-state index contributed by atoms with van der Waals surface area (Å²) in [5, 5.41) is 22.6. The summed E-state index contributed by atoms with van der Waals surface area (Å²) in [6.07, 6.45) is -2.03. The molecule has 22 heavy (non-hydrogen) atoms. The van der Waals surface area contributed by atoms with Crippen LogP contribution in [0.5, 0.6) is 0 Å². The SMILES string of the molecule is NCCNc1ncnc2c1ccn2[C@@H]1O[C@H](CO)[C@@H](O)[C@@H]1F. The Morgan fingerprint density at radius 2 is 2.27 bits per heavy atom. The first-order valence-corrected chi connectivity index (χ1v) is 7.01. The zero-order valence-electron chi connectivity index (χ0n) is 11.8. The average Bonchev–Trinajstić information content (AvgIpc) is 3.08. The number of halogens is 1. The summed E-state index contributed by atoms with van der Waals surface area (Å²) in [6, 6.07) is 1.74. The molecule has 3 rings (SSSR count). The molecule has 4 atom stereocenters. The molecule has 2 aromatic rings. The molecule has 0 aliphatic carbocycles. The van der Waals surface area contributed by atoms with Crippen molar-refractivity contribution < 1.29 is 19.3 Å². The van der Waals surface area contributed by atoms with Gasteiger partial charge in [0.15, 0.2) is 12.4 Å². The largest absolute Gasteiger partial charge is 0.394 e. The molecule has 9 heteroatoms. The first-order chi connectivity index (χ1) is 10.7. The number of hydrogen-bond acceptors (Lipinski definition) is 7. The van der Waals surface area contributed by atoms with Gasteiger partial charge in [-0.05, 0) is 6.07 Å². The van der Waals surface area contributed by atoms with Gasteiger partial charge < -0.3 is 30.6 Å². The second kappa shape index (κ2) is 6.13. The second-order valence-corrected chi connectivity index (χ2v) is 5.08. The molecule has 1 saturated heterocycles. The Kier molecular flexibility index (Phi) is 4.21. The number of aliphatic hydroxyl groups is 2. The van der Waals surface area contributed by atoms with Crippen molar-refractivity contribution in [2.75, 3.05) is 25.0 Å². The molecule has 5 N–H and O–H groups in total. The highest BCUT2D eigenvalue weighted by Crippen LogP contribution is 2.34. The number of rotatable bonds is 5. The van der Waals surface area contributed by atoms with Gasteiger partial charge in [-0.2, -0.15) is 0 Å². The molecule has 1 aliphatic rings. The molecule has 1 aliphatic heterocycles. The smallest absolute Gasteiger partial charge is 0.173 e. The monoisotopic (exact) mass is 311 g/mol. The van der Waals surface area contributed by atoms with E-state index in [9.17, 15) is 9.50 Å². The minimum absolute atomic E-state index is 0.449. The van der Waals surface area contributed by atoms with E-state index in [2.05, 4.69) is 15.3 Å². The number of ether oxygens (including phenoxy) is 1. The predicted octanol–water partition coefficient (Wildman–Crippen LogP) is -0.609. The van der Waals surface area contributed by atoms with E-state index >= 15 is 0 Å². The molecular weight excluding hydrogens is 293 g/mol. The fourth-order valence-electron chi connectivity index (χ4n) is 2.59. The normalized spacial score (nSPS) is 28.4. The molecule has 1 fully saturated rings. The van der Waals surface area contributed by atoms with Gasteiger partial charge in [0.2, 0.25) is 0 Å². The maximum Gasteiger partial charge on any atom is 0.173 e. The lowest BCUT2D eigenvalue weighted by Crippen LogP contribution is -2.30. The van der Waals surface area contributed by atoms with Gasteiger partial charge in [0.25, 0.3) is 0 Å². The second-order valence-electron chi connectivity index (χ2n) is 5.08. The highest BCUT2D eigenvalue weighted by atomic mass is 19.1. The van der Waals surface area contributed by atoms with Crippen LogP contribution >= 0.6 is 0 Å². The third-order valence-electron chi connectivity index (χ3n) is 3.69. The Morgan fingerprint density at radius 1 is 1.45 bits per heavy atom. The summed E-state index contributed by atoms with van der Waals surface area (Å²) in [5.74, 6) is 0.599. The number of fused-ring (bicyclic) bond motifs is 1. The van der Waals surface area contributed by atoms with Crippen LogP contribution in [0.3, 0.4) is 0 Å². The zero-order chi connectivity index (χ0) is 15.7. The lowest BCUT2D eigenvalue weighted by molar-refractivity contribution is -0.0457. The summed E-state index contributed by atoms with van der Waals surface area (Å²) < 4.78 is 21.1. The van der Waals surface area contributed by atoms with E-state index in [1.54, 1.807) is 12.3 Å². The summed E-state index contributed by atoms with van der Waals surface area (Å²) >= 11 is 0. The van der Waals surface area contributed by atoms with Gasteiger partial charge in [0.1, 0.15) is 30.0 Å². The van der Waals surface area contributed by atoms with Gasteiger partial charge in [-0.15, -0.1) is 0 Å². The quantitative estimate of drug-likeness (QED) is 0.581. The molecule has 0 radical (unpaired) electrons. The topological polar surface area (TPSA) is 118 Å². The minimum Gasteiger partial charge on any atom is -0.394 e. The van der Waals surface area contributed by atoms with E-state index in [-0.39, 0.29) is 0 Å².